The first-order valence-corrected chi connectivity index (χ1v) is 8.01. The van der Waals surface area contributed by atoms with Crippen molar-refractivity contribution in [3.05, 3.63) is 11.4 Å². The maximum Gasteiger partial charge on any atom is 0.135 e. The highest BCUT2D eigenvalue weighted by Crippen LogP contribution is 2.31. The van der Waals surface area contributed by atoms with E-state index in [2.05, 4.69) is 50.2 Å². The van der Waals surface area contributed by atoms with E-state index in [4.69, 9.17) is 9.72 Å². The molecule has 0 radical (unpaired) electrons. The van der Waals surface area contributed by atoms with E-state index in [9.17, 15) is 0 Å². The molecule has 0 aliphatic carbocycles. The topological polar surface area (TPSA) is 59.1 Å². The summed E-state index contributed by atoms with van der Waals surface area (Å²) in [4.78, 5) is 9.37. The first-order valence-electron chi connectivity index (χ1n) is 8.01. The monoisotopic (exact) mass is 292 g/mol. The number of aromatic nitrogens is 2. The Balaban J connectivity index is 2.32. The summed E-state index contributed by atoms with van der Waals surface area (Å²) in [6.07, 6.45) is 3.13. The van der Waals surface area contributed by atoms with E-state index >= 15 is 0 Å². The summed E-state index contributed by atoms with van der Waals surface area (Å²) in [6.45, 7) is 12.3. The molecule has 2 atom stereocenters. The highest BCUT2D eigenvalue weighted by Gasteiger charge is 2.37. The Bertz CT molecular complexity index is 491. The number of hydrogen-bond acceptors (Lipinski definition) is 5. The van der Waals surface area contributed by atoms with E-state index in [1.165, 1.54) is 0 Å². The lowest BCUT2D eigenvalue weighted by Crippen LogP contribution is -2.41. The maximum atomic E-state index is 5.71. The number of aryl methyl sites for hydroxylation is 1. The van der Waals surface area contributed by atoms with Crippen molar-refractivity contribution in [2.45, 2.75) is 65.5 Å². The molecule has 0 saturated carbocycles. The molecule has 1 aliphatic rings. The van der Waals surface area contributed by atoms with Crippen LogP contribution in [0.2, 0.25) is 0 Å². The normalized spacial score (nSPS) is 25.1. The summed E-state index contributed by atoms with van der Waals surface area (Å²) in [7, 11) is 0. The molecule has 0 spiro atoms. The quantitative estimate of drug-likeness (QED) is 0.843. The molecule has 1 saturated heterocycles. The Kier molecular flexibility index (Phi) is 5.04. The Hall–Kier alpha value is -1.36. The zero-order chi connectivity index (χ0) is 15.5. The molecule has 2 unspecified atom stereocenters. The van der Waals surface area contributed by atoms with Gasteiger partial charge in [-0.2, -0.15) is 0 Å². The third-order valence-corrected chi connectivity index (χ3v) is 4.30. The fraction of sp³-hybridized carbons (Fsp3) is 0.750. The average Bonchev–Trinajstić information content (AvgIpc) is 2.75. The maximum absolute atomic E-state index is 5.71. The van der Waals surface area contributed by atoms with Gasteiger partial charge in [-0.05, 0) is 40.5 Å². The first kappa shape index (κ1) is 16.0. The van der Waals surface area contributed by atoms with Gasteiger partial charge < -0.3 is 15.4 Å². The first-order chi connectivity index (χ1) is 10.00. The minimum absolute atomic E-state index is 0.0634. The SMILES string of the molecule is CCCc1nc(NCC)c(C)c(NC2(C)CCOC2C)n1. The molecule has 2 rings (SSSR count). The molecular formula is C16H28N4O. The van der Waals surface area contributed by atoms with Gasteiger partial charge >= 0.3 is 0 Å². The summed E-state index contributed by atoms with van der Waals surface area (Å²) in [5.74, 6) is 2.77. The molecule has 0 amide bonds. The van der Waals surface area contributed by atoms with E-state index < -0.39 is 0 Å². The van der Waals surface area contributed by atoms with Gasteiger partial charge in [-0.15, -0.1) is 0 Å². The van der Waals surface area contributed by atoms with Crippen LogP contribution in [0.4, 0.5) is 11.6 Å². The zero-order valence-electron chi connectivity index (χ0n) is 13.9. The van der Waals surface area contributed by atoms with Crippen LogP contribution < -0.4 is 10.6 Å². The van der Waals surface area contributed by atoms with Crippen LogP contribution in [-0.4, -0.2) is 34.8 Å². The molecule has 2 N–H and O–H groups in total. The lowest BCUT2D eigenvalue weighted by molar-refractivity contribution is 0.105. The molecule has 5 heteroatoms. The second-order valence-corrected chi connectivity index (χ2v) is 6.05. The van der Waals surface area contributed by atoms with Gasteiger partial charge in [0.25, 0.3) is 0 Å². The van der Waals surface area contributed by atoms with Crippen LogP contribution in [0.25, 0.3) is 0 Å². The third kappa shape index (κ3) is 3.46. The largest absolute Gasteiger partial charge is 0.376 e. The lowest BCUT2D eigenvalue weighted by atomic mass is 9.94. The summed E-state index contributed by atoms with van der Waals surface area (Å²) in [5.41, 5.74) is 1.02. The van der Waals surface area contributed by atoms with E-state index in [1.807, 2.05) is 0 Å². The predicted octanol–water partition coefficient (Wildman–Crippen LogP) is 3.15. The van der Waals surface area contributed by atoms with Gasteiger partial charge in [0.1, 0.15) is 17.5 Å². The van der Waals surface area contributed by atoms with Crippen molar-refractivity contribution in [1.29, 1.82) is 0 Å². The standard InChI is InChI=1S/C16H28N4O/c1-6-8-13-18-14(17-7-2)11(3)15(19-13)20-16(5)9-10-21-12(16)4/h12H,6-10H2,1-5H3,(H2,17,18,19,20). The minimum Gasteiger partial charge on any atom is -0.376 e. The van der Waals surface area contributed by atoms with E-state index in [1.54, 1.807) is 0 Å². The van der Waals surface area contributed by atoms with Gasteiger partial charge in [0, 0.05) is 25.1 Å². The highest BCUT2D eigenvalue weighted by atomic mass is 16.5. The van der Waals surface area contributed by atoms with Crippen LogP contribution in [0.5, 0.6) is 0 Å². The minimum atomic E-state index is -0.0634. The Morgan fingerprint density at radius 1 is 1.29 bits per heavy atom. The number of anilines is 2. The molecule has 0 aromatic carbocycles. The van der Waals surface area contributed by atoms with Gasteiger partial charge in [-0.3, -0.25) is 0 Å². The molecule has 1 aromatic rings. The number of nitrogens with one attached hydrogen (secondary N) is 2. The number of rotatable bonds is 6. The summed E-state index contributed by atoms with van der Waals surface area (Å²) >= 11 is 0. The van der Waals surface area contributed by atoms with Gasteiger partial charge in [0.2, 0.25) is 0 Å². The Morgan fingerprint density at radius 2 is 2.00 bits per heavy atom. The lowest BCUT2D eigenvalue weighted by Gasteiger charge is -2.30. The molecular weight excluding hydrogens is 264 g/mol. The van der Waals surface area contributed by atoms with Crippen molar-refractivity contribution in [1.82, 2.24) is 9.97 Å². The second kappa shape index (κ2) is 6.60. The average molecular weight is 292 g/mol. The summed E-state index contributed by atoms with van der Waals surface area (Å²) in [6, 6.07) is 0. The van der Waals surface area contributed by atoms with Crippen LogP contribution in [0.1, 0.15) is 51.9 Å². The molecule has 21 heavy (non-hydrogen) atoms. The van der Waals surface area contributed by atoms with Crippen molar-refractivity contribution >= 4 is 11.6 Å². The van der Waals surface area contributed by atoms with Crippen molar-refractivity contribution < 1.29 is 4.74 Å². The van der Waals surface area contributed by atoms with E-state index in [0.29, 0.717) is 0 Å². The van der Waals surface area contributed by atoms with Gasteiger partial charge in [0.15, 0.2) is 0 Å². The van der Waals surface area contributed by atoms with Gasteiger partial charge in [-0.1, -0.05) is 6.92 Å². The number of nitrogens with zero attached hydrogens (tertiary/aromatic N) is 2. The van der Waals surface area contributed by atoms with Crippen LogP contribution >= 0.6 is 0 Å². The molecule has 2 heterocycles. The smallest absolute Gasteiger partial charge is 0.135 e. The zero-order valence-corrected chi connectivity index (χ0v) is 13.9. The van der Waals surface area contributed by atoms with Crippen molar-refractivity contribution in [2.75, 3.05) is 23.8 Å². The van der Waals surface area contributed by atoms with Crippen molar-refractivity contribution in [2.24, 2.45) is 0 Å². The second-order valence-electron chi connectivity index (χ2n) is 6.05. The highest BCUT2D eigenvalue weighted by molar-refractivity contribution is 5.58. The molecule has 1 aliphatic heterocycles. The predicted molar refractivity (Wildman–Crippen MR) is 87.0 cm³/mol. The van der Waals surface area contributed by atoms with E-state index in [-0.39, 0.29) is 11.6 Å². The number of ether oxygens (including phenoxy) is 1. The van der Waals surface area contributed by atoms with Gasteiger partial charge in [0.05, 0.1) is 11.6 Å². The summed E-state index contributed by atoms with van der Waals surface area (Å²) < 4.78 is 5.71. The van der Waals surface area contributed by atoms with Crippen molar-refractivity contribution in [3.63, 3.8) is 0 Å². The van der Waals surface area contributed by atoms with Crippen LogP contribution in [0.3, 0.4) is 0 Å². The fourth-order valence-corrected chi connectivity index (χ4v) is 2.63. The Labute approximate surface area is 127 Å². The molecule has 5 nitrogen and oxygen atoms in total. The van der Waals surface area contributed by atoms with E-state index in [0.717, 1.165) is 55.4 Å². The molecule has 0 bridgehead atoms. The van der Waals surface area contributed by atoms with Crippen LogP contribution in [0, 0.1) is 6.92 Å². The van der Waals surface area contributed by atoms with Crippen LogP contribution in [0.15, 0.2) is 0 Å². The van der Waals surface area contributed by atoms with Gasteiger partial charge in [-0.25, -0.2) is 9.97 Å². The fourth-order valence-electron chi connectivity index (χ4n) is 2.63. The van der Waals surface area contributed by atoms with Crippen molar-refractivity contribution in [3.8, 4) is 0 Å². The van der Waals surface area contributed by atoms with Crippen LogP contribution in [-0.2, 0) is 11.2 Å². The summed E-state index contributed by atoms with van der Waals surface area (Å²) in [5, 5.41) is 6.96. The third-order valence-electron chi connectivity index (χ3n) is 4.30. The molecule has 1 aromatic heterocycles. The molecule has 1 fully saturated rings. The number of hydrogen-bond donors (Lipinski definition) is 2. The molecule has 118 valence electrons. The Morgan fingerprint density at radius 3 is 2.57 bits per heavy atom.